The first-order valence-electron chi connectivity index (χ1n) is 5.40. The Morgan fingerprint density at radius 1 is 1.37 bits per heavy atom. The highest BCUT2D eigenvalue weighted by Crippen LogP contribution is 2.16. The van der Waals surface area contributed by atoms with Crippen molar-refractivity contribution in [2.24, 2.45) is 20.4 Å². The van der Waals surface area contributed by atoms with Crippen molar-refractivity contribution < 1.29 is 9.90 Å². The molecule has 0 spiro atoms. The zero-order chi connectivity index (χ0) is 13.8. The third-order valence-corrected chi connectivity index (χ3v) is 2.35. The van der Waals surface area contributed by atoms with Gasteiger partial charge in [-0.3, -0.25) is 5.32 Å². The minimum atomic E-state index is -0.624. The molecule has 0 aliphatic carbocycles. The molecular weight excluding hydrogens is 246 g/mol. The topological polar surface area (TPSA) is 98.8 Å². The van der Waals surface area contributed by atoms with Gasteiger partial charge in [0, 0.05) is 5.56 Å². The quantitative estimate of drug-likeness (QED) is 0.627. The number of phenolic OH excluding ortho intramolecular Hbond substituents is 1. The number of rotatable bonds is 2. The molecule has 2 rings (SSSR count). The first kappa shape index (κ1) is 12.6. The molecule has 1 aliphatic rings. The summed E-state index contributed by atoms with van der Waals surface area (Å²) in [6, 6.07) is 6.12. The molecule has 2 N–H and O–H groups in total. The molecule has 19 heavy (non-hydrogen) atoms. The van der Waals surface area contributed by atoms with Gasteiger partial charge in [0.2, 0.25) is 0 Å². The van der Waals surface area contributed by atoms with Crippen molar-refractivity contribution in [2.45, 2.75) is 6.92 Å². The average molecular weight is 257 g/mol. The van der Waals surface area contributed by atoms with Crippen LogP contribution in [0.5, 0.6) is 5.75 Å². The fourth-order valence-electron chi connectivity index (χ4n) is 1.39. The van der Waals surface area contributed by atoms with Crippen LogP contribution in [0.15, 0.2) is 57.0 Å². The number of aromatic hydroxyl groups is 1. The number of hydrogen-bond donors (Lipinski definition) is 2. The number of carbonyl (C=O) groups excluding carboxylic acids is 1. The zero-order valence-corrected chi connectivity index (χ0v) is 10.2. The van der Waals surface area contributed by atoms with Crippen molar-refractivity contribution in [1.82, 2.24) is 5.32 Å². The van der Waals surface area contributed by atoms with Gasteiger partial charge in [-0.15, -0.1) is 10.2 Å². The van der Waals surface area contributed by atoms with Crippen LogP contribution in [-0.4, -0.2) is 22.7 Å². The molecule has 0 unspecified atom stereocenters. The van der Waals surface area contributed by atoms with E-state index in [9.17, 15) is 9.90 Å². The molecule has 7 nitrogen and oxygen atoms in total. The van der Waals surface area contributed by atoms with Gasteiger partial charge >= 0.3 is 6.03 Å². The standard InChI is InChI=1S/C12H11N5O2/c1-7(9-5-3-4-6-10(9)18)14-16-11-8(2)15-17-12(19)13-11/h3-6,18H,2H2,1H3,(H,13,16,19)/b14-7+. The lowest BCUT2D eigenvalue weighted by atomic mass is 10.1. The van der Waals surface area contributed by atoms with Gasteiger partial charge in [-0.1, -0.05) is 23.8 Å². The first-order valence-corrected chi connectivity index (χ1v) is 5.40. The predicted octanol–water partition coefficient (Wildman–Crippen LogP) is 2.20. The van der Waals surface area contributed by atoms with E-state index in [1.165, 1.54) is 0 Å². The Labute approximate surface area is 109 Å². The highest BCUT2D eigenvalue weighted by molar-refractivity contribution is 6.09. The molecule has 0 atom stereocenters. The summed E-state index contributed by atoms with van der Waals surface area (Å²) in [6.45, 7) is 5.26. The highest BCUT2D eigenvalue weighted by Gasteiger charge is 2.14. The molecule has 0 radical (unpaired) electrons. The highest BCUT2D eigenvalue weighted by atomic mass is 16.3. The summed E-state index contributed by atoms with van der Waals surface area (Å²) >= 11 is 0. The summed E-state index contributed by atoms with van der Waals surface area (Å²) < 4.78 is 0. The second-order valence-electron chi connectivity index (χ2n) is 3.73. The van der Waals surface area contributed by atoms with Gasteiger partial charge < -0.3 is 5.11 Å². The molecule has 0 saturated carbocycles. The van der Waals surface area contributed by atoms with Crippen molar-refractivity contribution in [3.63, 3.8) is 0 Å². The van der Waals surface area contributed by atoms with E-state index in [1.807, 2.05) is 0 Å². The third-order valence-electron chi connectivity index (χ3n) is 2.35. The van der Waals surface area contributed by atoms with E-state index in [2.05, 4.69) is 32.3 Å². The molecule has 1 aromatic carbocycles. The number of nitrogens with zero attached hydrogens (tertiary/aromatic N) is 4. The average Bonchev–Trinajstić information content (AvgIpc) is 2.40. The molecule has 2 amide bonds. The van der Waals surface area contributed by atoms with Crippen LogP contribution in [0.25, 0.3) is 0 Å². The molecule has 7 heteroatoms. The van der Waals surface area contributed by atoms with E-state index in [0.717, 1.165) is 0 Å². The summed E-state index contributed by atoms with van der Waals surface area (Å²) in [5.41, 5.74) is 1.27. The lowest BCUT2D eigenvalue weighted by Crippen LogP contribution is -2.31. The molecule has 0 bridgehead atoms. The summed E-state index contributed by atoms with van der Waals surface area (Å²) in [5.74, 6) is 0.241. The number of amidine groups is 1. The van der Waals surface area contributed by atoms with E-state index < -0.39 is 6.03 Å². The Morgan fingerprint density at radius 3 is 2.84 bits per heavy atom. The summed E-state index contributed by atoms with van der Waals surface area (Å²) in [5, 5.41) is 26.6. The Bertz CT molecular complexity index is 631. The van der Waals surface area contributed by atoms with E-state index in [-0.39, 0.29) is 17.3 Å². The maximum Gasteiger partial charge on any atom is 0.365 e. The summed E-state index contributed by atoms with van der Waals surface area (Å²) in [4.78, 5) is 11.0. The van der Waals surface area contributed by atoms with Crippen LogP contribution in [0, 0.1) is 0 Å². The molecule has 1 aromatic rings. The minimum absolute atomic E-state index is 0.107. The fraction of sp³-hybridized carbons (Fsp3) is 0.0833. The Kier molecular flexibility index (Phi) is 3.46. The largest absolute Gasteiger partial charge is 0.507 e. The monoisotopic (exact) mass is 257 g/mol. The number of amides is 2. The van der Waals surface area contributed by atoms with Crippen LogP contribution in [0.2, 0.25) is 0 Å². The lowest BCUT2D eigenvalue weighted by molar-refractivity contribution is 0.251. The van der Waals surface area contributed by atoms with Gasteiger partial charge in [-0.25, -0.2) is 4.79 Å². The van der Waals surface area contributed by atoms with Gasteiger partial charge in [0.25, 0.3) is 0 Å². The maximum absolute atomic E-state index is 11.0. The first-order chi connectivity index (χ1) is 9.08. The smallest absolute Gasteiger partial charge is 0.365 e. The number of carbonyl (C=O) groups is 1. The SMILES string of the molecule is C=C1N=NC(=O)N/C1=N/N=C(\C)c1ccccc1O. The second-order valence-corrected chi connectivity index (χ2v) is 3.73. The van der Waals surface area contributed by atoms with E-state index in [4.69, 9.17) is 0 Å². The number of phenols is 1. The Morgan fingerprint density at radius 2 is 2.11 bits per heavy atom. The number of azo groups is 1. The van der Waals surface area contributed by atoms with Gasteiger partial charge in [-0.2, -0.15) is 5.10 Å². The Hall–Kier alpha value is -2.83. The van der Waals surface area contributed by atoms with Crippen LogP contribution in [0.3, 0.4) is 0 Å². The van der Waals surface area contributed by atoms with Crippen LogP contribution in [0.1, 0.15) is 12.5 Å². The second kappa shape index (κ2) is 5.21. The zero-order valence-electron chi connectivity index (χ0n) is 10.2. The van der Waals surface area contributed by atoms with Crippen molar-refractivity contribution >= 4 is 17.6 Å². The normalized spacial score (nSPS) is 17.7. The summed E-state index contributed by atoms with van der Waals surface area (Å²) in [7, 11) is 0. The lowest BCUT2D eigenvalue weighted by Gasteiger charge is -2.07. The van der Waals surface area contributed by atoms with Crippen LogP contribution in [0.4, 0.5) is 4.79 Å². The summed E-state index contributed by atoms with van der Waals surface area (Å²) in [6.07, 6.45) is 0. The molecule has 0 fully saturated rings. The van der Waals surface area contributed by atoms with E-state index in [1.54, 1.807) is 31.2 Å². The molecule has 0 saturated heterocycles. The number of nitrogens with one attached hydrogen (secondary N) is 1. The molecule has 0 aromatic heterocycles. The van der Waals surface area contributed by atoms with E-state index >= 15 is 0 Å². The van der Waals surface area contributed by atoms with Gasteiger partial charge in [0.1, 0.15) is 11.4 Å². The molecule has 96 valence electrons. The van der Waals surface area contributed by atoms with Crippen molar-refractivity contribution in [1.29, 1.82) is 0 Å². The van der Waals surface area contributed by atoms with Crippen LogP contribution >= 0.6 is 0 Å². The maximum atomic E-state index is 11.0. The number of hydrogen-bond acceptors (Lipinski definition) is 5. The minimum Gasteiger partial charge on any atom is -0.507 e. The van der Waals surface area contributed by atoms with Crippen molar-refractivity contribution in [3.05, 3.63) is 42.1 Å². The molecular formula is C12H11N5O2. The number of para-hydroxylation sites is 1. The van der Waals surface area contributed by atoms with Gasteiger partial charge in [0.05, 0.1) is 5.71 Å². The Balaban J connectivity index is 2.27. The van der Waals surface area contributed by atoms with Crippen molar-refractivity contribution in [2.75, 3.05) is 0 Å². The van der Waals surface area contributed by atoms with E-state index in [0.29, 0.717) is 11.3 Å². The molecule has 1 aliphatic heterocycles. The molecule has 1 heterocycles. The van der Waals surface area contributed by atoms with Crippen LogP contribution in [-0.2, 0) is 0 Å². The van der Waals surface area contributed by atoms with Gasteiger partial charge in [-0.05, 0) is 19.1 Å². The fourth-order valence-corrected chi connectivity index (χ4v) is 1.39. The number of benzene rings is 1. The van der Waals surface area contributed by atoms with Crippen molar-refractivity contribution in [3.8, 4) is 5.75 Å². The van der Waals surface area contributed by atoms with Gasteiger partial charge in [0.15, 0.2) is 5.84 Å². The number of urea groups is 1. The predicted molar refractivity (Wildman–Crippen MR) is 70.3 cm³/mol. The van der Waals surface area contributed by atoms with Crippen LogP contribution < -0.4 is 5.32 Å². The third kappa shape index (κ3) is 2.89.